The highest BCUT2D eigenvalue weighted by atomic mass is 16.1. The van der Waals surface area contributed by atoms with E-state index in [-0.39, 0.29) is 5.78 Å². The summed E-state index contributed by atoms with van der Waals surface area (Å²) in [6, 6.07) is 17.5. The van der Waals surface area contributed by atoms with E-state index in [2.05, 4.69) is 31.2 Å². The summed E-state index contributed by atoms with van der Waals surface area (Å²) >= 11 is 0. The predicted octanol–water partition coefficient (Wildman–Crippen LogP) is 4.88. The SMILES string of the molecule is CN(C)CCCC(=O)c1cccc(Nc2nccc(-c3ccc(N4CCCC4)c(C#N)c3)n2)c1. The molecule has 1 aliphatic heterocycles. The van der Waals surface area contributed by atoms with Gasteiger partial charge in [0.1, 0.15) is 6.07 Å². The van der Waals surface area contributed by atoms with Crippen LogP contribution in [-0.4, -0.2) is 54.4 Å². The largest absolute Gasteiger partial charge is 0.370 e. The van der Waals surface area contributed by atoms with E-state index in [1.54, 1.807) is 6.20 Å². The minimum absolute atomic E-state index is 0.127. The van der Waals surface area contributed by atoms with Gasteiger partial charge in [-0.05, 0) is 70.2 Å². The van der Waals surface area contributed by atoms with E-state index in [1.165, 1.54) is 0 Å². The lowest BCUT2D eigenvalue weighted by atomic mass is 10.1. The molecule has 0 saturated carbocycles. The molecule has 0 spiro atoms. The highest BCUT2D eigenvalue weighted by Crippen LogP contribution is 2.29. The molecule has 174 valence electrons. The number of nitrogens with one attached hydrogen (secondary N) is 1. The van der Waals surface area contributed by atoms with Gasteiger partial charge in [-0.3, -0.25) is 4.79 Å². The Balaban J connectivity index is 1.49. The smallest absolute Gasteiger partial charge is 0.227 e. The average Bonchev–Trinajstić information content (AvgIpc) is 3.38. The van der Waals surface area contributed by atoms with Crippen LogP contribution < -0.4 is 10.2 Å². The third-order valence-corrected chi connectivity index (χ3v) is 5.96. The topological polar surface area (TPSA) is 85.2 Å². The Bertz CT molecular complexity index is 1190. The highest BCUT2D eigenvalue weighted by molar-refractivity contribution is 5.97. The summed E-state index contributed by atoms with van der Waals surface area (Å²) in [6.45, 7) is 2.87. The molecule has 2 heterocycles. The summed E-state index contributed by atoms with van der Waals surface area (Å²) in [5, 5.41) is 12.9. The Hall–Kier alpha value is -3.76. The van der Waals surface area contributed by atoms with E-state index < -0.39 is 0 Å². The van der Waals surface area contributed by atoms with Gasteiger partial charge in [-0.25, -0.2) is 9.97 Å². The fourth-order valence-corrected chi connectivity index (χ4v) is 4.20. The second-order valence-electron chi connectivity index (χ2n) is 8.84. The molecule has 4 rings (SSSR count). The summed E-state index contributed by atoms with van der Waals surface area (Å²) in [5.41, 5.74) is 4.69. The van der Waals surface area contributed by atoms with E-state index in [0.717, 1.165) is 61.5 Å². The van der Waals surface area contributed by atoms with Crippen molar-refractivity contribution in [3.8, 4) is 17.3 Å². The normalized spacial score (nSPS) is 13.2. The van der Waals surface area contributed by atoms with Crippen LogP contribution in [0.2, 0.25) is 0 Å². The van der Waals surface area contributed by atoms with E-state index in [9.17, 15) is 10.1 Å². The standard InChI is InChI=1S/C27H30N6O/c1-32(2)14-6-9-26(34)21-7-5-8-23(18-21)30-27-29-13-12-24(31-27)20-10-11-25(22(17-20)19-28)33-15-3-4-16-33/h5,7-8,10-13,17-18H,3-4,6,9,14-16H2,1-2H3,(H,29,30,31). The molecule has 0 radical (unpaired) electrons. The lowest BCUT2D eigenvalue weighted by Gasteiger charge is -2.19. The van der Waals surface area contributed by atoms with Gasteiger partial charge in [0.2, 0.25) is 5.95 Å². The van der Waals surface area contributed by atoms with Gasteiger partial charge in [0, 0.05) is 42.5 Å². The van der Waals surface area contributed by atoms with Crippen molar-refractivity contribution in [3.05, 3.63) is 65.9 Å². The maximum atomic E-state index is 12.5. The number of hydrogen-bond donors (Lipinski definition) is 1. The van der Waals surface area contributed by atoms with Crippen molar-refractivity contribution in [2.45, 2.75) is 25.7 Å². The Morgan fingerprint density at radius 2 is 1.97 bits per heavy atom. The van der Waals surface area contributed by atoms with Gasteiger partial charge in [-0.15, -0.1) is 0 Å². The number of anilines is 3. The lowest BCUT2D eigenvalue weighted by molar-refractivity contribution is 0.0977. The first-order chi connectivity index (χ1) is 16.5. The summed E-state index contributed by atoms with van der Waals surface area (Å²) in [7, 11) is 4.01. The third kappa shape index (κ3) is 5.77. The van der Waals surface area contributed by atoms with Gasteiger partial charge in [-0.1, -0.05) is 18.2 Å². The molecular weight excluding hydrogens is 424 g/mol. The first-order valence-corrected chi connectivity index (χ1v) is 11.7. The monoisotopic (exact) mass is 454 g/mol. The molecule has 34 heavy (non-hydrogen) atoms. The van der Waals surface area contributed by atoms with Crippen molar-refractivity contribution in [3.63, 3.8) is 0 Å². The maximum absolute atomic E-state index is 12.5. The zero-order valence-electron chi connectivity index (χ0n) is 19.8. The molecule has 7 heteroatoms. The van der Waals surface area contributed by atoms with Crippen LogP contribution in [0.5, 0.6) is 0 Å². The van der Waals surface area contributed by atoms with Gasteiger partial charge in [0.05, 0.1) is 16.9 Å². The van der Waals surface area contributed by atoms with Crippen LogP contribution in [0.3, 0.4) is 0 Å². The lowest BCUT2D eigenvalue weighted by Crippen LogP contribution is -2.18. The van der Waals surface area contributed by atoms with Crippen molar-refractivity contribution in [2.24, 2.45) is 0 Å². The van der Waals surface area contributed by atoms with Crippen molar-refractivity contribution < 1.29 is 4.79 Å². The molecular formula is C27H30N6O. The number of Topliss-reactive ketones (excluding diaryl/α,β-unsaturated/α-hetero) is 1. The summed E-state index contributed by atoms with van der Waals surface area (Å²) in [6.07, 6.45) is 5.37. The fourth-order valence-electron chi connectivity index (χ4n) is 4.20. The summed E-state index contributed by atoms with van der Waals surface area (Å²) < 4.78 is 0. The van der Waals surface area contributed by atoms with Crippen LogP contribution in [0.1, 0.15) is 41.6 Å². The molecule has 2 aromatic carbocycles. The molecule has 0 bridgehead atoms. The van der Waals surface area contributed by atoms with Crippen molar-refractivity contribution in [2.75, 3.05) is 43.9 Å². The number of aromatic nitrogens is 2. The predicted molar refractivity (Wildman–Crippen MR) is 135 cm³/mol. The molecule has 1 saturated heterocycles. The number of benzene rings is 2. The molecule has 7 nitrogen and oxygen atoms in total. The molecule has 0 aliphatic carbocycles. The van der Waals surface area contributed by atoms with Crippen LogP contribution in [0, 0.1) is 11.3 Å². The minimum Gasteiger partial charge on any atom is -0.370 e. The second-order valence-corrected chi connectivity index (χ2v) is 8.84. The molecule has 0 unspecified atom stereocenters. The minimum atomic E-state index is 0.127. The van der Waals surface area contributed by atoms with E-state index in [0.29, 0.717) is 23.5 Å². The van der Waals surface area contributed by atoms with Gasteiger partial charge in [0.25, 0.3) is 0 Å². The van der Waals surface area contributed by atoms with Crippen LogP contribution >= 0.6 is 0 Å². The second kappa shape index (κ2) is 10.9. The van der Waals surface area contributed by atoms with E-state index in [1.807, 2.05) is 62.6 Å². The fraction of sp³-hybridized carbons (Fsp3) is 0.333. The number of nitriles is 1. The number of rotatable bonds is 9. The molecule has 0 amide bonds. The molecule has 1 aliphatic rings. The van der Waals surface area contributed by atoms with E-state index in [4.69, 9.17) is 0 Å². The van der Waals surface area contributed by atoms with Gasteiger partial charge >= 0.3 is 0 Å². The number of carbonyl (C=O) groups excluding carboxylic acids is 1. The first kappa shape index (κ1) is 23.4. The quantitative estimate of drug-likeness (QED) is 0.461. The zero-order chi connectivity index (χ0) is 23.9. The summed E-state index contributed by atoms with van der Waals surface area (Å²) in [5.74, 6) is 0.569. The Kier molecular flexibility index (Phi) is 7.51. The average molecular weight is 455 g/mol. The number of ketones is 1. The van der Waals surface area contributed by atoms with Gasteiger partial charge in [-0.2, -0.15) is 5.26 Å². The molecule has 1 N–H and O–H groups in total. The van der Waals surface area contributed by atoms with Gasteiger partial charge < -0.3 is 15.1 Å². The van der Waals surface area contributed by atoms with Crippen LogP contribution in [-0.2, 0) is 0 Å². The molecule has 1 aromatic heterocycles. The molecule has 3 aromatic rings. The molecule has 1 fully saturated rings. The Morgan fingerprint density at radius 1 is 1.15 bits per heavy atom. The number of nitrogens with zero attached hydrogens (tertiary/aromatic N) is 5. The maximum Gasteiger partial charge on any atom is 0.227 e. The van der Waals surface area contributed by atoms with Crippen molar-refractivity contribution in [1.29, 1.82) is 5.26 Å². The van der Waals surface area contributed by atoms with Gasteiger partial charge in [0.15, 0.2) is 5.78 Å². The number of hydrogen-bond acceptors (Lipinski definition) is 7. The van der Waals surface area contributed by atoms with Crippen LogP contribution in [0.4, 0.5) is 17.3 Å². The van der Waals surface area contributed by atoms with Crippen molar-refractivity contribution >= 4 is 23.1 Å². The highest BCUT2D eigenvalue weighted by Gasteiger charge is 2.17. The van der Waals surface area contributed by atoms with E-state index >= 15 is 0 Å². The molecule has 0 atom stereocenters. The van der Waals surface area contributed by atoms with Crippen LogP contribution in [0.25, 0.3) is 11.3 Å². The zero-order valence-corrected chi connectivity index (χ0v) is 19.8. The number of carbonyl (C=O) groups is 1. The Labute approximate surface area is 201 Å². The first-order valence-electron chi connectivity index (χ1n) is 11.7. The van der Waals surface area contributed by atoms with Crippen LogP contribution in [0.15, 0.2) is 54.7 Å². The summed E-state index contributed by atoms with van der Waals surface area (Å²) in [4.78, 5) is 25.9. The third-order valence-electron chi connectivity index (χ3n) is 5.96. The van der Waals surface area contributed by atoms with Crippen molar-refractivity contribution in [1.82, 2.24) is 14.9 Å². The Morgan fingerprint density at radius 3 is 2.74 bits per heavy atom.